The van der Waals surface area contributed by atoms with Gasteiger partial charge in [0.05, 0.1) is 13.0 Å². The van der Waals surface area contributed by atoms with Crippen molar-refractivity contribution < 1.29 is 14.6 Å². The van der Waals surface area contributed by atoms with Gasteiger partial charge in [0.2, 0.25) is 0 Å². The van der Waals surface area contributed by atoms with Crippen LogP contribution in [-0.4, -0.2) is 37.4 Å². The van der Waals surface area contributed by atoms with Crippen LogP contribution in [0, 0.1) is 12.8 Å². The van der Waals surface area contributed by atoms with E-state index < -0.39 is 5.97 Å². The number of nitrogens with zero attached hydrogens (tertiary/aromatic N) is 1. The highest BCUT2D eigenvalue weighted by Crippen LogP contribution is 2.15. The van der Waals surface area contributed by atoms with Gasteiger partial charge in [0.25, 0.3) is 0 Å². The third-order valence-corrected chi connectivity index (χ3v) is 3.34. The molecule has 0 spiro atoms. The molecule has 21 heavy (non-hydrogen) atoms. The molecule has 0 aliphatic heterocycles. The standard InChI is InChI=1S/C17H27NO3/c1-14(2)9-12-21-13-11-18(10-8-17(19)20)16-6-4-15(3)5-7-16/h4-7,14H,8-13H2,1-3H3,(H,19,20). The summed E-state index contributed by atoms with van der Waals surface area (Å²) in [7, 11) is 0. The van der Waals surface area contributed by atoms with Gasteiger partial charge in [-0.25, -0.2) is 0 Å². The lowest BCUT2D eigenvalue weighted by atomic mass is 10.1. The molecule has 0 aliphatic rings. The predicted octanol–water partition coefficient (Wildman–Crippen LogP) is 3.34. The van der Waals surface area contributed by atoms with Crippen LogP contribution in [0.5, 0.6) is 0 Å². The smallest absolute Gasteiger partial charge is 0.305 e. The van der Waals surface area contributed by atoms with Crippen molar-refractivity contribution in [3.63, 3.8) is 0 Å². The maximum atomic E-state index is 10.8. The first kappa shape index (κ1) is 17.5. The van der Waals surface area contributed by atoms with Crippen LogP contribution < -0.4 is 4.90 Å². The van der Waals surface area contributed by atoms with E-state index in [4.69, 9.17) is 9.84 Å². The first-order valence-electron chi connectivity index (χ1n) is 7.60. The number of benzene rings is 1. The number of rotatable bonds is 10. The normalized spacial score (nSPS) is 10.9. The molecule has 1 N–H and O–H groups in total. The van der Waals surface area contributed by atoms with Gasteiger partial charge in [0.15, 0.2) is 0 Å². The van der Waals surface area contributed by atoms with Gasteiger partial charge in [-0.15, -0.1) is 0 Å². The lowest BCUT2D eigenvalue weighted by Gasteiger charge is -2.24. The third-order valence-electron chi connectivity index (χ3n) is 3.34. The molecule has 0 radical (unpaired) electrons. The van der Waals surface area contributed by atoms with Crippen molar-refractivity contribution in [2.24, 2.45) is 5.92 Å². The summed E-state index contributed by atoms with van der Waals surface area (Å²) in [5.74, 6) is -0.127. The minimum absolute atomic E-state index is 0.139. The maximum absolute atomic E-state index is 10.8. The van der Waals surface area contributed by atoms with Gasteiger partial charge in [-0.2, -0.15) is 0 Å². The van der Waals surface area contributed by atoms with E-state index in [2.05, 4.69) is 18.7 Å². The number of carbonyl (C=O) groups is 1. The van der Waals surface area contributed by atoms with E-state index in [1.807, 2.05) is 31.2 Å². The Morgan fingerprint density at radius 1 is 1.19 bits per heavy atom. The fourth-order valence-electron chi connectivity index (χ4n) is 1.95. The Kier molecular flexibility index (Phi) is 7.83. The van der Waals surface area contributed by atoms with Gasteiger partial charge in [-0.05, 0) is 31.4 Å². The van der Waals surface area contributed by atoms with E-state index >= 15 is 0 Å². The van der Waals surface area contributed by atoms with Gasteiger partial charge in [-0.1, -0.05) is 31.5 Å². The van der Waals surface area contributed by atoms with Crippen molar-refractivity contribution >= 4 is 11.7 Å². The second-order valence-corrected chi connectivity index (χ2v) is 5.76. The molecule has 0 amide bonds. The molecule has 0 saturated heterocycles. The van der Waals surface area contributed by atoms with Crippen LogP contribution in [0.1, 0.15) is 32.3 Å². The highest BCUT2D eigenvalue weighted by molar-refractivity contribution is 5.67. The van der Waals surface area contributed by atoms with Crippen LogP contribution in [0.15, 0.2) is 24.3 Å². The number of ether oxygens (including phenoxy) is 1. The summed E-state index contributed by atoms with van der Waals surface area (Å²) >= 11 is 0. The Morgan fingerprint density at radius 3 is 2.43 bits per heavy atom. The number of hydrogen-bond donors (Lipinski definition) is 1. The van der Waals surface area contributed by atoms with Gasteiger partial charge in [0, 0.05) is 25.4 Å². The number of aliphatic carboxylic acids is 1. The van der Waals surface area contributed by atoms with Crippen molar-refractivity contribution in [3.8, 4) is 0 Å². The molecular weight excluding hydrogens is 266 g/mol. The number of anilines is 1. The predicted molar refractivity (Wildman–Crippen MR) is 85.9 cm³/mol. The number of hydrogen-bond acceptors (Lipinski definition) is 3. The Balaban J connectivity index is 2.48. The van der Waals surface area contributed by atoms with E-state index in [1.165, 1.54) is 5.56 Å². The molecule has 0 aliphatic carbocycles. The Bertz CT molecular complexity index is 415. The Morgan fingerprint density at radius 2 is 1.86 bits per heavy atom. The second-order valence-electron chi connectivity index (χ2n) is 5.76. The van der Waals surface area contributed by atoms with Crippen LogP contribution in [-0.2, 0) is 9.53 Å². The number of carboxylic acid groups (broad SMARTS) is 1. The topological polar surface area (TPSA) is 49.8 Å². The minimum atomic E-state index is -0.771. The molecule has 118 valence electrons. The molecule has 0 fully saturated rings. The van der Waals surface area contributed by atoms with Crippen LogP contribution in [0.2, 0.25) is 0 Å². The third kappa shape index (κ3) is 7.71. The maximum Gasteiger partial charge on any atom is 0.305 e. The highest BCUT2D eigenvalue weighted by atomic mass is 16.5. The summed E-state index contributed by atoms with van der Waals surface area (Å²) in [4.78, 5) is 12.9. The van der Waals surface area contributed by atoms with Crippen LogP contribution in [0.3, 0.4) is 0 Å². The van der Waals surface area contributed by atoms with Gasteiger partial charge >= 0.3 is 5.97 Å². The second kappa shape index (κ2) is 9.40. The largest absolute Gasteiger partial charge is 0.481 e. The highest BCUT2D eigenvalue weighted by Gasteiger charge is 2.08. The van der Waals surface area contributed by atoms with E-state index in [1.54, 1.807) is 0 Å². The molecule has 1 rings (SSSR count). The molecule has 0 unspecified atom stereocenters. The molecule has 4 nitrogen and oxygen atoms in total. The summed E-state index contributed by atoms with van der Waals surface area (Å²) in [6, 6.07) is 8.15. The summed E-state index contributed by atoms with van der Waals surface area (Å²) in [6.07, 6.45) is 1.19. The molecule has 0 saturated carbocycles. The van der Waals surface area contributed by atoms with E-state index in [-0.39, 0.29) is 6.42 Å². The Labute approximate surface area is 127 Å². The Hall–Kier alpha value is -1.55. The van der Waals surface area contributed by atoms with Crippen molar-refractivity contribution in [2.45, 2.75) is 33.6 Å². The zero-order valence-corrected chi connectivity index (χ0v) is 13.3. The molecule has 0 aromatic heterocycles. The number of carboxylic acids is 1. The first-order chi connectivity index (χ1) is 9.99. The van der Waals surface area contributed by atoms with Gasteiger partial charge < -0.3 is 14.7 Å². The molecule has 0 bridgehead atoms. The molecule has 4 heteroatoms. The fourth-order valence-corrected chi connectivity index (χ4v) is 1.95. The zero-order valence-electron chi connectivity index (χ0n) is 13.3. The molecule has 1 aromatic rings. The number of aryl methyl sites for hydroxylation is 1. The lowest BCUT2D eigenvalue weighted by molar-refractivity contribution is -0.136. The lowest BCUT2D eigenvalue weighted by Crippen LogP contribution is -2.30. The first-order valence-corrected chi connectivity index (χ1v) is 7.60. The average molecular weight is 293 g/mol. The summed E-state index contributed by atoms with van der Waals surface area (Å²) in [5, 5.41) is 8.87. The van der Waals surface area contributed by atoms with Crippen LogP contribution in [0.25, 0.3) is 0 Å². The van der Waals surface area contributed by atoms with E-state index in [0.717, 1.165) is 18.7 Å². The zero-order chi connectivity index (χ0) is 15.7. The fraction of sp³-hybridized carbons (Fsp3) is 0.588. The summed E-state index contributed by atoms with van der Waals surface area (Å²) in [5.41, 5.74) is 2.25. The monoisotopic (exact) mass is 293 g/mol. The summed E-state index contributed by atoms with van der Waals surface area (Å²) in [6.45, 7) is 9.00. The molecular formula is C17H27NO3. The van der Waals surface area contributed by atoms with Crippen molar-refractivity contribution in [2.75, 3.05) is 31.2 Å². The molecule has 0 atom stereocenters. The molecule has 1 aromatic carbocycles. The van der Waals surface area contributed by atoms with Gasteiger partial charge in [0.1, 0.15) is 0 Å². The van der Waals surface area contributed by atoms with E-state index in [9.17, 15) is 4.79 Å². The van der Waals surface area contributed by atoms with Crippen molar-refractivity contribution in [3.05, 3.63) is 29.8 Å². The van der Waals surface area contributed by atoms with Crippen molar-refractivity contribution in [1.29, 1.82) is 0 Å². The summed E-state index contributed by atoms with van der Waals surface area (Å²) < 4.78 is 5.64. The molecule has 0 heterocycles. The average Bonchev–Trinajstić information content (AvgIpc) is 2.42. The van der Waals surface area contributed by atoms with E-state index in [0.29, 0.717) is 25.6 Å². The van der Waals surface area contributed by atoms with Crippen LogP contribution in [0.4, 0.5) is 5.69 Å². The quantitative estimate of drug-likeness (QED) is 0.672. The van der Waals surface area contributed by atoms with Crippen LogP contribution >= 0.6 is 0 Å². The van der Waals surface area contributed by atoms with Gasteiger partial charge in [-0.3, -0.25) is 4.79 Å². The van der Waals surface area contributed by atoms with Crippen molar-refractivity contribution in [1.82, 2.24) is 0 Å². The SMILES string of the molecule is Cc1ccc(N(CCOCCC(C)C)CCC(=O)O)cc1. The minimum Gasteiger partial charge on any atom is -0.481 e.